The van der Waals surface area contributed by atoms with Gasteiger partial charge in [-0.2, -0.15) is 0 Å². The van der Waals surface area contributed by atoms with Crippen molar-refractivity contribution in [3.05, 3.63) is 35.6 Å². The van der Waals surface area contributed by atoms with Crippen LogP contribution < -0.4 is 0 Å². The highest BCUT2D eigenvalue weighted by molar-refractivity contribution is 5.89. The van der Waals surface area contributed by atoms with Gasteiger partial charge in [0.05, 0.1) is 12.2 Å². The van der Waals surface area contributed by atoms with Crippen molar-refractivity contribution in [2.24, 2.45) is 0 Å². The molecule has 0 atom stereocenters. The van der Waals surface area contributed by atoms with E-state index in [-0.39, 0.29) is 11.8 Å². The summed E-state index contributed by atoms with van der Waals surface area (Å²) in [5.41, 5.74) is 0.398. The van der Waals surface area contributed by atoms with Gasteiger partial charge in [0.15, 0.2) is 0 Å². The van der Waals surface area contributed by atoms with Gasteiger partial charge in [0.1, 0.15) is 5.82 Å². The fourth-order valence-corrected chi connectivity index (χ4v) is 2.07. The minimum absolute atomic E-state index is 0.350. The van der Waals surface area contributed by atoms with Gasteiger partial charge >= 0.3 is 5.97 Å². The number of ether oxygens (including phenoxy) is 1. The summed E-state index contributed by atoms with van der Waals surface area (Å²) in [5, 5.41) is 0. The Morgan fingerprint density at radius 1 is 1.00 bits per heavy atom. The van der Waals surface area contributed by atoms with Gasteiger partial charge < -0.3 is 4.74 Å². The molecule has 22 heavy (non-hydrogen) atoms. The lowest BCUT2D eigenvalue weighted by molar-refractivity contribution is 0.0497. The molecule has 0 aliphatic carbocycles. The largest absolute Gasteiger partial charge is 0.462 e. The maximum absolute atomic E-state index is 12.7. The van der Waals surface area contributed by atoms with E-state index in [2.05, 4.69) is 18.8 Å². The molecular weight excluding hydrogens is 279 g/mol. The first-order valence-corrected chi connectivity index (χ1v) is 8.12. The van der Waals surface area contributed by atoms with Gasteiger partial charge in [0.25, 0.3) is 0 Å². The van der Waals surface area contributed by atoms with Crippen molar-refractivity contribution in [1.29, 1.82) is 0 Å². The van der Waals surface area contributed by atoms with Crippen molar-refractivity contribution in [1.82, 2.24) is 0 Å². The summed E-state index contributed by atoms with van der Waals surface area (Å²) in [5.74, 6) is 5.49. The maximum atomic E-state index is 12.7. The van der Waals surface area contributed by atoms with Gasteiger partial charge in [-0.1, -0.05) is 32.6 Å². The van der Waals surface area contributed by atoms with Crippen LogP contribution in [0.25, 0.3) is 0 Å². The van der Waals surface area contributed by atoms with E-state index in [4.69, 9.17) is 4.74 Å². The predicted molar refractivity (Wildman–Crippen MR) is 87.1 cm³/mol. The normalized spacial score (nSPS) is 9.91. The van der Waals surface area contributed by atoms with Crippen molar-refractivity contribution in [2.45, 2.75) is 58.3 Å². The highest BCUT2D eigenvalue weighted by Gasteiger charge is 2.06. The molecule has 1 aromatic carbocycles. The molecule has 0 saturated carbocycles. The van der Waals surface area contributed by atoms with Crippen molar-refractivity contribution < 1.29 is 13.9 Å². The molecule has 0 aliphatic heterocycles. The van der Waals surface area contributed by atoms with Gasteiger partial charge in [-0.3, -0.25) is 0 Å². The fraction of sp³-hybridized carbons (Fsp3) is 0.526. The molecule has 0 unspecified atom stereocenters. The summed E-state index contributed by atoms with van der Waals surface area (Å²) in [6.45, 7) is 2.49. The molecular formula is C19H25FO2. The van der Waals surface area contributed by atoms with Crippen molar-refractivity contribution in [3.8, 4) is 11.8 Å². The topological polar surface area (TPSA) is 26.3 Å². The third-order valence-electron chi connectivity index (χ3n) is 3.31. The Labute approximate surface area is 133 Å². The molecule has 120 valence electrons. The average Bonchev–Trinajstić information content (AvgIpc) is 2.53. The van der Waals surface area contributed by atoms with E-state index in [0.29, 0.717) is 12.2 Å². The Balaban J connectivity index is 1.97. The first kappa shape index (κ1) is 18.2. The predicted octanol–water partition coefficient (Wildman–Crippen LogP) is 5.13. The smallest absolute Gasteiger partial charge is 0.338 e. The summed E-state index contributed by atoms with van der Waals surface area (Å²) in [4.78, 5) is 11.7. The minimum Gasteiger partial charge on any atom is -0.462 e. The lowest BCUT2D eigenvalue weighted by Crippen LogP contribution is -2.06. The van der Waals surface area contributed by atoms with E-state index in [1.54, 1.807) is 0 Å². The second-order valence-corrected chi connectivity index (χ2v) is 5.22. The number of halogens is 1. The lowest BCUT2D eigenvalue weighted by Gasteiger charge is -2.05. The van der Waals surface area contributed by atoms with Gasteiger partial charge in [-0.15, -0.1) is 11.8 Å². The Bertz CT molecular complexity index is 482. The quantitative estimate of drug-likeness (QED) is 0.359. The summed E-state index contributed by atoms with van der Waals surface area (Å²) < 4.78 is 17.9. The average molecular weight is 304 g/mol. The standard InChI is InChI=1S/C19H25FO2/c1-2-3-4-5-6-7-8-9-10-11-16-22-19(21)17-12-14-18(20)15-13-17/h12-15H,2,5-11,16H2,1H3. The molecule has 1 aromatic rings. The Kier molecular flexibility index (Phi) is 9.78. The summed E-state index contributed by atoms with van der Waals surface area (Å²) >= 11 is 0. The molecule has 0 spiro atoms. The SMILES string of the molecule is CCC#CCCCCCCCCOC(=O)c1ccc(F)cc1. The van der Waals surface area contributed by atoms with Crippen LogP contribution in [0.3, 0.4) is 0 Å². The zero-order valence-electron chi connectivity index (χ0n) is 13.4. The van der Waals surface area contributed by atoms with Crippen molar-refractivity contribution in [3.63, 3.8) is 0 Å². The zero-order valence-corrected chi connectivity index (χ0v) is 13.4. The molecule has 0 saturated heterocycles. The van der Waals surface area contributed by atoms with Gasteiger partial charge in [-0.05, 0) is 37.1 Å². The number of hydrogen-bond acceptors (Lipinski definition) is 2. The van der Waals surface area contributed by atoms with Crippen molar-refractivity contribution >= 4 is 5.97 Å². The van der Waals surface area contributed by atoms with E-state index < -0.39 is 0 Å². The van der Waals surface area contributed by atoms with E-state index in [1.165, 1.54) is 43.5 Å². The Morgan fingerprint density at radius 2 is 1.64 bits per heavy atom. The Morgan fingerprint density at radius 3 is 2.32 bits per heavy atom. The summed E-state index contributed by atoms with van der Waals surface area (Å²) in [6, 6.07) is 5.42. The van der Waals surface area contributed by atoms with Crippen LogP contribution in [0.4, 0.5) is 4.39 Å². The number of hydrogen-bond donors (Lipinski definition) is 0. The van der Waals surface area contributed by atoms with Gasteiger partial charge in [0.2, 0.25) is 0 Å². The monoisotopic (exact) mass is 304 g/mol. The van der Waals surface area contributed by atoms with Crippen LogP contribution in [0.15, 0.2) is 24.3 Å². The highest BCUT2D eigenvalue weighted by Crippen LogP contribution is 2.08. The maximum Gasteiger partial charge on any atom is 0.338 e. The molecule has 0 fully saturated rings. The summed E-state index contributed by atoms with van der Waals surface area (Å²) in [6.07, 6.45) is 8.65. The van der Waals surface area contributed by atoms with E-state index in [0.717, 1.165) is 32.1 Å². The first-order valence-electron chi connectivity index (χ1n) is 8.12. The number of esters is 1. The fourth-order valence-electron chi connectivity index (χ4n) is 2.07. The third-order valence-corrected chi connectivity index (χ3v) is 3.31. The Hall–Kier alpha value is -1.82. The molecule has 0 N–H and O–H groups in total. The van der Waals surface area contributed by atoms with Crippen molar-refractivity contribution in [2.75, 3.05) is 6.61 Å². The second kappa shape index (κ2) is 11.8. The van der Waals surface area contributed by atoms with Crippen LogP contribution in [-0.2, 0) is 4.74 Å². The first-order chi connectivity index (χ1) is 10.7. The van der Waals surface area contributed by atoms with Crippen LogP contribution in [-0.4, -0.2) is 12.6 Å². The highest BCUT2D eigenvalue weighted by atomic mass is 19.1. The van der Waals surface area contributed by atoms with Crippen LogP contribution >= 0.6 is 0 Å². The number of carbonyl (C=O) groups is 1. The molecule has 0 aromatic heterocycles. The lowest BCUT2D eigenvalue weighted by atomic mass is 10.1. The molecule has 0 aliphatic rings. The summed E-state index contributed by atoms with van der Waals surface area (Å²) in [7, 11) is 0. The number of unbranched alkanes of at least 4 members (excludes halogenated alkanes) is 6. The van der Waals surface area contributed by atoms with E-state index in [1.807, 2.05) is 0 Å². The van der Waals surface area contributed by atoms with E-state index >= 15 is 0 Å². The van der Waals surface area contributed by atoms with Gasteiger partial charge in [0, 0.05) is 12.8 Å². The number of benzene rings is 1. The molecule has 0 bridgehead atoms. The molecule has 2 nitrogen and oxygen atoms in total. The minimum atomic E-state index is -0.380. The van der Waals surface area contributed by atoms with Gasteiger partial charge in [-0.25, -0.2) is 9.18 Å². The second-order valence-electron chi connectivity index (χ2n) is 5.22. The van der Waals surface area contributed by atoms with Crippen LogP contribution in [0, 0.1) is 17.7 Å². The van der Waals surface area contributed by atoms with E-state index in [9.17, 15) is 9.18 Å². The number of carbonyl (C=O) groups excluding carboxylic acids is 1. The molecule has 0 heterocycles. The molecule has 0 radical (unpaired) electrons. The molecule has 3 heteroatoms. The third kappa shape index (κ3) is 8.46. The van der Waals surface area contributed by atoms with Crippen LogP contribution in [0.5, 0.6) is 0 Å². The zero-order chi connectivity index (χ0) is 16.0. The number of rotatable bonds is 9. The van der Waals surface area contributed by atoms with Crippen LogP contribution in [0.2, 0.25) is 0 Å². The van der Waals surface area contributed by atoms with Crippen LogP contribution in [0.1, 0.15) is 68.6 Å². The molecule has 0 amide bonds. The molecule has 1 rings (SSSR count).